The maximum Gasteiger partial charge on any atom is 0.259 e. The largest absolute Gasteiger partial charge is 0.334 e. The summed E-state index contributed by atoms with van der Waals surface area (Å²) in [4.78, 5) is 14.9. The Morgan fingerprint density at radius 1 is 1.35 bits per heavy atom. The van der Waals surface area contributed by atoms with Crippen LogP contribution in [0.4, 0.5) is 0 Å². The van der Waals surface area contributed by atoms with E-state index in [1.54, 1.807) is 10.7 Å². The zero-order valence-electron chi connectivity index (χ0n) is 13.6. The lowest BCUT2D eigenvalue weighted by molar-refractivity contribution is 0.0735. The first-order chi connectivity index (χ1) is 11.1. The van der Waals surface area contributed by atoms with Crippen molar-refractivity contribution in [3.63, 3.8) is 0 Å². The Bertz CT molecular complexity index is 884. The zero-order valence-corrected chi connectivity index (χ0v) is 13.6. The molecule has 1 aliphatic rings. The van der Waals surface area contributed by atoms with Gasteiger partial charge in [-0.1, -0.05) is 13.8 Å². The molecular weight excluding hydrogens is 292 g/mol. The number of fused-ring (bicyclic) bond motifs is 2. The highest BCUT2D eigenvalue weighted by atomic mass is 16.2. The van der Waals surface area contributed by atoms with Crippen LogP contribution in [0, 0.1) is 0 Å². The van der Waals surface area contributed by atoms with Crippen molar-refractivity contribution in [3.05, 3.63) is 41.1 Å². The zero-order chi connectivity index (χ0) is 16.1. The number of nitrogens with one attached hydrogen (secondary N) is 1. The molecule has 0 spiro atoms. The third kappa shape index (κ3) is 2.07. The van der Waals surface area contributed by atoms with Gasteiger partial charge in [-0.25, -0.2) is 4.52 Å². The van der Waals surface area contributed by atoms with Crippen LogP contribution in [0.2, 0.25) is 0 Å². The highest BCUT2D eigenvalue weighted by molar-refractivity contribution is 5.99. The van der Waals surface area contributed by atoms with E-state index < -0.39 is 0 Å². The summed E-state index contributed by atoms with van der Waals surface area (Å²) >= 11 is 0. The molecule has 0 aliphatic carbocycles. The van der Waals surface area contributed by atoms with E-state index in [1.165, 1.54) is 5.56 Å². The average molecular weight is 312 g/mol. The highest BCUT2D eigenvalue weighted by Crippen LogP contribution is 2.26. The van der Waals surface area contributed by atoms with Crippen molar-refractivity contribution in [1.29, 1.82) is 0 Å². The van der Waals surface area contributed by atoms with E-state index in [0.29, 0.717) is 24.6 Å². The Kier molecular flexibility index (Phi) is 3.04. The normalized spacial score (nSPS) is 14.7. The van der Waals surface area contributed by atoms with Crippen molar-refractivity contribution in [3.8, 4) is 0 Å². The topological polar surface area (TPSA) is 71.2 Å². The SMILES string of the molecule is CC(C)c1n[nH]c2c1CN(C(=O)c1cnn3ccn(C)c13)CC2. The number of carbonyl (C=O) groups is 1. The molecule has 0 atom stereocenters. The Balaban J connectivity index is 1.67. The fourth-order valence-electron chi connectivity index (χ4n) is 3.34. The molecule has 3 aromatic heterocycles. The van der Waals surface area contributed by atoms with E-state index in [2.05, 4.69) is 29.1 Å². The summed E-state index contributed by atoms with van der Waals surface area (Å²) in [6, 6.07) is 0. The van der Waals surface area contributed by atoms with Gasteiger partial charge < -0.3 is 9.47 Å². The molecule has 1 aliphatic heterocycles. The molecule has 3 aromatic rings. The Hall–Kier alpha value is -2.57. The van der Waals surface area contributed by atoms with Crippen LogP contribution in [0.1, 0.15) is 47.1 Å². The first-order valence-corrected chi connectivity index (χ1v) is 7.90. The molecule has 0 unspecified atom stereocenters. The van der Waals surface area contributed by atoms with Crippen LogP contribution in [-0.4, -0.2) is 41.7 Å². The smallest absolute Gasteiger partial charge is 0.259 e. The van der Waals surface area contributed by atoms with Gasteiger partial charge in [0, 0.05) is 50.2 Å². The molecule has 0 bridgehead atoms. The van der Waals surface area contributed by atoms with Crippen molar-refractivity contribution in [2.45, 2.75) is 32.7 Å². The predicted octanol–water partition coefficient (Wildman–Crippen LogP) is 1.72. The number of aromatic nitrogens is 5. The minimum atomic E-state index is 0.0309. The molecule has 4 rings (SSSR count). The molecule has 7 heteroatoms. The number of H-pyrrole nitrogens is 1. The van der Waals surface area contributed by atoms with Crippen LogP contribution in [-0.2, 0) is 20.0 Å². The molecule has 4 heterocycles. The van der Waals surface area contributed by atoms with Gasteiger partial charge in [-0.2, -0.15) is 10.2 Å². The van der Waals surface area contributed by atoms with Crippen molar-refractivity contribution in [1.82, 2.24) is 29.3 Å². The van der Waals surface area contributed by atoms with Crippen LogP contribution in [0.3, 0.4) is 0 Å². The molecule has 7 nitrogen and oxygen atoms in total. The van der Waals surface area contributed by atoms with Crippen molar-refractivity contribution < 1.29 is 4.79 Å². The molecule has 120 valence electrons. The Morgan fingerprint density at radius 2 is 2.17 bits per heavy atom. The lowest BCUT2D eigenvalue weighted by atomic mass is 9.99. The van der Waals surface area contributed by atoms with Crippen LogP contribution in [0.5, 0.6) is 0 Å². The summed E-state index contributed by atoms with van der Waals surface area (Å²) in [6.45, 7) is 5.57. The maximum atomic E-state index is 13.0. The Morgan fingerprint density at radius 3 is 2.96 bits per heavy atom. The third-order valence-corrected chi connectivity index (χ3v) is 4.56. The van der Waals surface area contributed by atoms with Gasteiger partial charge in [-0.05, 0) is 5.92 Å². The second kappa shape index (κ2) is 4.97. The van der Waals surface area contributed by atoms with Gasteiger partial charge in [-0.3, -0.25) is 9.89 Å². The molecule has 0 saturated carbocycles. The highest BCUT2D eigenvalue weighted by Gasteiger charge is 2.28. The van der Waals surface area contributed by atoms with Gasteiger partial charge in [-0.15, -0.1) is 0 Å². The fraction of sp³-hybridized carbons (Fsp3) is 0.438. The first kappa shape index (κ1) is 14.0. The van der Waals surface area contributed by atoms with Gasteiger partial charge in [0.25, 0.3) is 5.91 Å². The van der Waals surface area contributed by atoms with Crippen LogP contribution in [0.15, 0.2) is 18.6 Å². The minimum Gasteiger partial charge on any atom is -0.334 e. The maximum absolute atomic E-state index is 13.0. The second-order valence-corrected chi connectivity index (χ2v) is 6.43. The Labute approximate surface area is 133 Å². The average Bonchev–Trinajstić information content (AvgIpc) is 3.22. The molecule has 0 aromatic carbocycles. The van der Waals surface area contributed by atoms with E-state index in [4.69, 9.17) is 0 Å². The van der Waals surface area contributed by atoms with Crippen molar-refractivity contribution in [2.24, 2.45) is 7.05 Å². The number of carbonyl (C=O) groups excluding carboxylic acids is 1. The quantitative estimate of drug-likeness (QED) is 0.783. The number of amides is 1. The summed E-state index contributed by atoms with van der Waals surface area (Å²) in [7, 11) is 1.93. The van der Waals surface area contributed by atoms with Gasteiger partial charge in [0.1, 0.15) is 11.2 Å². The summed E-state index contributed by atoms with van der Waals surface area (Å²) in [5, 5.41) is 11.8. The summed E-state index contributed by atoms with van der Waals surface area (Å²) < 4.78 is 3.66. The van der Waals surface area contributed by atoms with E-state index in [1.807, 2.05) is 28.9 Å². The minimum absolute atomic E-state index is 0.0309. The number of imidazole rings is 1. The molecule has 1 amide bonds. The molecule has 0 radical (unpaired) electrons. The summed E-state index contributed by atoms with van der Waals surface area (Å²) in [5.41, 5.74) is 4.88. The van der Waals surface area contributed by atoms with Crippen LogP contribution in [0.25, 0.3) is 5.65 Å². The molecule has 0 saturated heterocycles. The van der Waals surface area contributed by atoms with E-state index in [9.17, 15) is 4.79 Å². The van der Waals surface area contributed by atoms with E-state index >= 15 is 0 Å². The number of aryl methyl sites for hydroxylation is 1. The number of aromatic amines is 1. The second-order valence-electron chi connectivity index (χ2n) is 6.43. The van der Waals surface area contributed by atoms with Crippen molar-refractivity contribution >= 4 is 11.6 Å². The van der Waals surface area contributed by atoms with Gasteiger partial charge in [0.2, 0.25) is 0 Å². The number of hydrogen-bond donors (Lipinski definition) is 1. The molecule has 0 fully saturated rings. The monoisotopic (exact) mass is 312 g/mol. The molecular formula is C16H20N6O. The van der Waals surface area contributed by atoms with Crippen molar-refractivity contribution in [2.75, 3.05) is 6.54 Å². The van der Waals surface area contributed by atoms with E-state index in [0.717, 1.165) is 23.5 Å². The number of rotatable bonds is 2. The lowest BCUT2D eigenvalue weighted by Gasteiger charge is -2.27. The van der Waals surface area contributed by atoms with Gasteiger partial charge in [0.05, 0.1) is 11.9 Å². The molecule has 23 heavy (non-hydrogen) atoms. The van der Waals surface area contributed by atoms with Gasteiger partial charge >= 0.3 is 0 Å². The molecule has 1 N–H and O–H groups in total. The summed E-state index contributed by atoms with van der Waals surface area (Å²) in [5.74, 6) is 0.379. The van der Waals surface area contributed by atoms with E-state index in [-0.39, 0.29) is 5.91 Å². The van der Waals surface area contributed by atoms with Crippen LogP contribution < -0.4 is 0 Å². The number of hydrogen-bond acceptors (Lipinski definition) is 3. The fourth-order valence-corrected chi connectivity index (χ4v) is 3.34. The third-order valence-electron chi connectivity index (χ3n) is 4.56. The first-order valence-electron chi connectivity index (χ1n) is 7.90. The van der Waals surface area contributed by atoms with Gasteiger partial charge in [0.15, 0.2) is 0 Å². The standard InChI is InChI=1S/C16H20N6O/c1-10(2)14-12-9-21(5-4-13(12)18-19-14)16(23)11-8-17-22-7-6-20(3)15(11)22/h6-8,10H,4-5,9H2,1-3H3,(H,18,19). The number of nitrogens with zero attached hydrogens (tertiary/aromatic N) is 5. The predicted molar refractivity (Wildman–Crippen MR) is 85.3 cm³/mol. The lowest BCUT2D eigenvalue weighted by Crippen LogP contribution is -2.36. The van der Waals surface area contributed by atoms with Crippen LogP contribution >= 0.6 is 0 Å². The summed E-state index contributed by atoms with van der Waals surface area (Å²) in [6.07, 6.45) is 6.23.